The first-order valence-corrected chi connectivity index (χ1v) is 8.13. The normalized spacial score (nSPS) is 23.1. The number of nitrogens with zero attached hydrogens (tertiary/aromatic N) is 1. The van der Waals surface area contributed by atoms with Gasteiger partial charge in [-0.25, -0.2) is 0 Å². The topological polar surface area (TPSA) is 3.24 Å². The lowest BCUT2D eigenvalue weighted by Crippen LogP contribution is -2.49. The van der Waals surface area contributed by atoms with E-state index < -0.39 is 0 Å². The van der Waals surface area contributed by atoms with Gasteiger partial charge in [-0.3, -0.25) is 4.90 Å². The van der Waals surface area contributed by atoms with Crippen molar-refractivity contribution < 1.29 is 0 Å². The van der Waals surface area contributed by atoms with Crippen LogP contribution in [0.25, 0.3) is 0 Å². The van der Waals surface area contributed by atoms with Gasteiger partial charge in [0.25, 0.3) is 0 Å². The van der Waals surface area contributed by atoms with Crippen molar-refractivity contribution in [1.82, 2.24) is 4.90 Å². The average molecular weight is 294 g/mol. The quantitative estimate of drug-likeness (QED) is 0.736. The van der Waals surface area contributed by atoms with Gasteiger partial charge in [-0.15, -0.1) is 12.4 Å². The third-order valence-electron chi connectivity index (χ3n) is 5.23. The molecule has 1 aromatic rings. The molecule has 1 heterocycles. The van der Waals surface area contributed by atoms with Gasteiger partial charge < -0.3 is 0 Å². The first kappa shape index (κ1) is 15.9. The number of rotatable bonds is 2. The van der Waals surface area contributed by atoms with Gasteiger partial charge in [-0.05, 0) is 51.3 Å². The molecule has 1 aromatic carbocycles. The maximum atomic E-state index is 2.82. The van der Waals surface area contributed by atoms with Gasteiger partial charge in [0.15, 0.2) is 0 Å². The molecule has 1 aliphatic carbocycles. The number of likely N-dealkylation sites (tertiary alicyclic amines) is 1. The second-order valence-electron chi connectivity index (χ2n) is 6.51. The second kappa shape index (κ2) is 6.95. The highest BCUT2D eigenvalue weighted by Crippen LogP contribution is 2.43. The summed E-state index contributed by atoms with van der Waals surface area (Å²) < 4.78 is 0. The van der Waals surface area contributed by atoms with Crippen molar-refractivity contribution in [2.24, 2.45) is 0 Å². The molecule has 1 saturated heterocycles. The van der Waals surface area contributed by atoms with Crippen LogP contribution in [0.5, 0.6) is 0 Å². The lowest BCUT2D eigenvalue weighted by molar-refractivity contribution is 0.0303. The molecule has 1 nitrogen and oxygen atoms in total. The monoisotopic (exact) mass is 293 g/mol. The molecular weight excluding hydrogens is 266 g/mol. The summed E-state index contributed by atoms with van der Waals surface area (Å²) in [5, 5.41) is 0. The van der Waals surface area contributed by atoms with Gasteiger partial charge in [0.05, 0.1) is 0 Å². The highest BCUT2D eigenvalue weighted by Gasteiger charge is 2.39. The molecule has 0 amide bonds. The van der Waals surface area contributed by atoms with Crippen molar-refractivity contribution in [2.45, 2.75) is 63.8 Å². The Labute approximate surface area is 130 Å². The van der Waals surface area contributed by atoms with Gasteiger partial charge in [-0.1, -0.05) is 55.5 Å². The van der Waals surface area contributed by atoms with E-state index in [-0.39, 0.29) is 12.4 Å². The zero-order chi connectivity index (χ0) is 13.1. The van der Waals surface area contributed by atoms with E-state index in [2.05, 4.69) is 36.1 Å². The Morgan fingerprint density at radius 3 is 1.95 bits per heavy atom. The fourth-order valence-electron chi connectivity index (χ4n) is 4.11. The van der Waals surface area contributed by atoms with Crippen molar-refractivity contribution in [3.8, 4) is 0 Å². The summed E-state index contributed by atoms with van der Waals surface area (Å²) in [6.07, 6.45) is 11.2. The number of aryl methyl sites for hydroxylation is 1. The van der Waals surface area contributed by atoms with E-state index in [1.807, 2.05) is 0 Å². The second-order valence-corrected chi connectivity index (χ2v) is 6.51. The van der Waals surface area contributed by atoms with Crippen LogP contribution in [0, 0.1) is 6.92 Å². The van der Waals surface area contributed by atoms with E-state index in [0.717, 1.165) is 0 Å². The third kappa shape index (κ3) is 3.04. The van der Waals surface area contributed by atoms with E-state index >= 15 is 0 Å². The first-order valence-electron chi connectivity index (χ1n) is 8.13. The third-order valence-corrected chi connectivity index (χ3v) is 5.23. The van der Waals surface area contributed by atoms with Crippen molar-refractivity contribution in [3.05, 3.63) is 35.4 Å². The largest absolute Gasteiger partial charge is 0.294 e. The summed E-state index contributed by atoms with van der Waals surface area (Å²) in [5.74, 6) is 0. The molecule has 112 valence electrons. The molecule has 0 atom stereocenters. The molecule has 0 radical (unpaired) electrons. The zero-order valence-corrected chi connectivity index (χ0v) is 13.6. The van der Waals surface area contributed by atoms with E-state index in [4.69, 9.17) is 0 Å². The van der Waals surface area contributed by atoms with Crippen LogP contribution >= 0.6 is 12.4 Å². The predicted molar refractivity (Wildman–Crippen MR) is 88.6 cm³/mol. The minimum Gasteiger partial charge on any atom is -0.294 e. The Morgan fingerprint density at radius 1 is 0.800 bits per heavy atom. The minimum absolute atomic E-state index is 0. The Bertz CT molecular complexity index is 400. The van der Waals surface area contributed by atoms with Crippen LogP contribution in [0.2, 0.25) is 0 Å². The Morgan fingerprint density at radius 2 is 1.35 bits per heavy atom. The highest BCUT2D eigenvalue weighted by molar-refractivity contribution is 5.85. The molecule has 0 aromatic heterocycles. The van der Waals surface area contributed by atoms with Crippen LogP contribution in [0.4, 0.5) is 0 Å². The number of hydrogen-bond donors (Lipinski definition) is 0. The van der Waals surface area contributed by atoms with E-state index in [9.17, 15) is 0 Å². The summed E-state index contributed by atoms with van der Waals surface area (Å²) >= 11 is 0. The summed E-state index contributed by atoms with van der Waals surface area (Å²) in [6.45, 7) is 4.82. The number of hydrogen-bond acceptors (Lipinski definition) is 1. The number of piperidine rings is 1. The number of halogens is 1. The maximum absolute atomic E-state index is 2.82. The standard InChI is InChI=1S/C18H27N.ClH/c1-16-8-10-17(11-9-16)18(12-4-2-5-13-18)19-14-6-3-7-15-19;/h8-11H,2-7,12-15H2,1H3;1H. The zero-order valence-electron chi connectivity index (χ0n) is 12.7. The van der Waals surface area contributed by atoms with Gasteiger partial charge in [0, 0.05) is 5.54 Å². The molecule has 0 spiro atoms. The molecular formula is C18H28ClN. The summed E-state index contributed by atoms with van der Waals surface area (Å²) in [7, 11) is 0. The number of benzene rings is 1. The van der Waals surface area contributed by atoms with E-state index in [1.165, 1.54) is 70.0 Å². The van der Waals surface area contributed by atoms with Gasteiger partial charge in [-0.2, -0.15) is 0 Å². The SMILES string of the molecule is Cc1ccc(C2(N3CCCCC3)CCCCC2)cc1.Cl. The maximum Gasteiger partial charge on any atom is 0.0460 e. The lowest BCUT2D eigenvalue weighted by Gasteiger charge is -2.48. The van der Waals surface area contributed by atoms with Crippen molar-refractivity contribution in [2.75, 3.05) is 13.1 Å². The van der Waals surface area contributed by atoms with Crippen molar-refractivity contribution in [1.29, 1.82) is 0 Å². The molecule has 0 N–H and O–H groups in total. The van der Waals surface area contributed by atoms with E-state index in [1.54, 1.807) is 5.56 Å². The molecule has 1 saturated carbocycles. The molecule has 0 bridgehead atoms. The summed E-state index contributed by atoms with van der Waals surface area (Å²) in [4.78, 5) is 2.82. The average Bonchev–Trinajstić information content (AvgIpc) is 2.49. The molecule has 1 aliphatic heterocycles. The van der Waals surface area contributed by atoms with Crippen LogP contribution in [0.3, 0.4) is 0 Å². The molecule has 20 heavy (non-hydrogen) atoms. The minimum atomic E-state index is 0. The van der Waals surface area contributed by atoms with Crippen molar-refractivity contribution >= 4 is 12.4 Å². The predicted octanol–water partition coefficient (Wildman–Crippen LogP) is 5.06. The van der Waals surface area contributed by atoms with Crippen LogP contribution in [-0.4, -0.2) is 18.0 Å². The molecule has 2 heteroatoms. The summed E-state index contributed by atoms with van der Waals surface area (Å²) in [5.41, 5.74) is 3.33. The molecule has 0 unspecified atom stereocenters. The fraction of sp³-hybridized carbons (Fsp3) is 0.667. The van der Waals surface area contributed by atoms with E-state index in [0.29, 0.717) is 5.54 Å². The van der Waals surface area contributed by atoms with Crippen LogP contribution in [-0.2, 0) is 5.54 Å². The molecule has 3 rings (SSSR count). The first-order chi connectivity index (χ1) is 9.31. The van der Waals surface area contributed by atoms with Crippen LogP contribution < -0.4 is 0 Å². The van der Waals surface area contributed by atoms with Gasteiger partial charge in [0.1, 0.15) is 0 Å². The Kier molecular flexibility index (Phi) is 5.51. The van der Waals surface area contributed by atoms with Crippen LogP contribution in [0.15, 0.2) is 24.3 Å². The Balaban J connectivity index is 0.00000147. The fourth-order valence-corrected chi connectivity index (χ4v) is 4.11. The highest BCUT2D eigenvalue weighted by atomic mass is 35.5. The van der Waals surface area contributed by atoms with Crippen LogP contribution in [0.1, 0.15) is 62.5 Å². The summed E-state index contributed by atoms with van der Waals surface area (Å²) in [6, 6.07) is 9.40. The Hall–Kier alpha value is -0.530. The van der Waals surface area contributed by atoms with Gasteiger partial charge in [0.2, 0.25) is 0 Å². The molecule has 2 fully saturated rings. The lowest BCUT2D eigenvalue weighted by atomic mass is 9.74. The van der Waals surface area contributed by atoms with Crippen molar-refractivity contribution in [3.63, 3.8) is 0 Å². The van der Waals surface area contributed by atoms with Gasteiger partial charge >= 0.3 is 0 Å². The smallest absolute Gasteiger partial charge is 0.0460 e. The molecule has 2 aliphatic rings.